The van der Waals surface area contributed by atoms with Gasteiger partial charge in [0.1, 0.15) is 11.6 Å². The first-order chi connectivity index (χ1) is 33.1. The highest BCUT2D eigenvalue weighted by molar-refractivity contribution is 7.24. The van der Waals surface area contributed by atoms with Gasteiger partial charge in [-0.25, -0.2) is 8.78 Å². The standard InChI is InChI=1S/C60H76F2N2S4/c1-9-15-19-21-25-43-31-55(67-59(43)53-29-27-39(7)65-53)45-35-51-47(33-49(45)61)57-58(63(51)37-41(13-5)23-17-11-3)48-34-50(62)46(36-52(48)64(57)38-42(14-6)24-18-12-4)56-32-44(26-22-20-16-10-2)60(68-56)54-30-28-40(8)66-54/h27-36,41-42H,9-26,37-38H2,1-8H3. The van der Waals surface area contributed by atoms with E-state index in [-0.39, 0.29) is 11.6 Å². The second kappa shape index (κ2) is 23.6. The molecule has 2 nitrogen and oxygen atoms in total. The van der Waals surface area contributed by atoms with Crippen LogP contribution in [0, 0.1) is 37.3 Å². The van der Waals surface area contributed by atoms with Gasteiger partial charge >= 0.3 is 0 Å². The zero-order valence-corrected chi connectivity index (χ0v) is 45.6. The van der Waals surface area contributed by atoms with E-state index in [1.807, 2.05) is 34.8 Å². The second-order valence-electron chi connectivity index (χ2n) is 19.8. The molecule has 68 heavy (non-hydrogen) atoms. The maximum atomic E-state index is 17.4. The van der Waals surface area contributed by atoms with E-state index in [0.29, 0.717) is 23.0 Å². The topological polar surface area (TPSA) is 9.86 Å². The minimum atomic E-state index is -0.176. The summed E-state index contributed by atoms with van der Waals surface area (Å²) in [6.07, 6.45) is 20.6. The summed E-state index contributed by atoms with van der Waals surface area (Å²) < 4.78 is 39.8. The maximum absolute atomic E-state index is 17.4. The van der Waals surface area contributed by atoms with Crippen LogP contribution in [0.5, 0.6) is 0 Å². The van der Waals surface area contributed by atoms with Gasteiger partial charge in [0.2, 0.25) is 0 Å². The predicted octanol–water partition coefficient (Wildman–Crippen LogP) is 21.2. The van der Waals surface area contributed by atoms with Gasteiger partial charge in [-0.3, -0.25) is 0 Å². The van der Waals surface area contributed by atoms with Gasteiger partial charge in [0.25, 0.3) is 0 Å². The number of aromatic nitrogens is 2. The van der Waals surface area contributed by atoms with Crippen molar-refractivity contribution in [2.24, 2.45) is 11.8 Å². The lowest BCUT2D eigenvalue weighted by atomic mass is 9.99. The molecule has 0 amide bonds. The van der Waals surface area contributed by atoms with Crippen LogP contribution in [0.15, 0.2) is 60.7 Å². The number of hydrogen-bond acceptors (Lipinski definition) is 4. The summed E-state index contributed by atoms with van der Waals surface area (Å²) in [5, 5.41) is 1.89. The Morgan fingerprint density at radius 2 is 0.868 bits per heavy atom. The first kappa shape index (κ1) is 50.8. The molecule has 0 saturated heterocycles. The second-order valence-corrected chi connectivity index (χ2v) is 24.5. The van der Waals surface area contributed by atoms with E-state index in [4.69, 9.17) is 0 Å². The van der Waals surface area contributed by atoms with Gasteiger partial charge in [-0.2, -0.15) is 0 Å². The van der Waals surface area contributed by atoms with Crippen molar-refractivity contribution in [3.63, 3.8) is 0 Å². The molecule has 6 aromatic heterocycles. The lowest BCUT2D eigenvalue weighted by Crippen LogP contribution is -2.10. The van der Waals surface area contributed by atoms with Crippen LogP contribution in [0.1, 0.15) is 165 Å². The van der Waals surface area contributed by atoms with E-state index in [2.05, 4.69) is 113 Å². The smallest absolute Gasteiger partial charge is 0.132 e. The lowest BCUT2D eigenvalue weighted by Gasteiger charge is -2.18. The molecular weight excluding hydrogens is 915 g/mol. The third-order valence-electron chi connectivity index (χ3n) is 14.7. The molecule has 0 aliphatic rings. The molecule has 2 unspecified atom stereocenters. The molecule has 2 atom stereocenters. The van der Waals surface area contributed by atoms with E-state index < -0.39 is 0 Å². The highest BCUT2D eigenvalue weighted by Gasteiger charge is 2.28. The van der Waals surface area contributed by atoms with Crippen LogP contribution < -0.4 is 0 Å². The van der Waals surface area contributed by atoms with E-state index >= 15 is 8.78 Å². The molecule has 0 aliphatic carbocycles. The summed E-state index contributed by atoms with van der Waals surface area (Å²) >= 11 is 7.18. The van der Waals surface area contributed by atoms with Crippen molar-refractivity contribution in [2.75, 3.05) is 0 Å². The lowest BCUT2D eigenvalue weighted by molar-refractivity contribution is 0.399. The van der Waals surface area contributed by atoms with Gasteiger partial charge in [-0.05, 0) is 136 Å². The Balaban J connectivity index is 1.35. The molecule has 6 heterocycles. The number of thiophene rings is 4. The number of fused-ring (bicyclic) bond motifs is 5. The van der Waals surface area contributed by atoms with Crippen molar-refractivity contribution in [3.8, 4) is 40.4 Å². The van der Waals surface area contributed by atoms with Crippen LogP contribution in [-0.4, -0.2) is 9.13 Å². The number of halogens is 2. The molecule has 2 aromatic carbocycles. The average Bonchev–Trinajstić information content (AvgIpc) is 4.21. The molecule has 0 N–H and O–H groups in total. The summed E-state index contributed by atoms with van der Waals surface area (Å²) in [5.41, 5.74) is 8.29. The van der Waals surface area contributed by atoms with Crippen LogP contribution in [0.25, 0.3) is 73.2 Å². The summed E-state index contributed by atoms with van der Waals surface area (Å²) in [5.74, 6) is 0.545. The molecule has 8 aromatic rings. The van der Waals surface area contributed by atoms with E-state index in [1.165, 1.54) is 91.8 Å². The first-order valence-electron chi connectivity index (χ1n) is 26.5. The minimum Gasteiger partial charge on any atom is -0.338 e. The van der Waals surface area contributed by atoms with Crippen LogP contribution in [0.4, 0.5) is 8.78 Å². The molecule has 0 radical (unpaired) electrons. The van der Waals surface area contributed by atoms with E-state index in [0.717, 1.165) is 120 Å². The Morgan fingerprint density at radius 3 is 1.22 bits per heavy atom. The Labute approximate surface area is 422 Å². The third-order valence-corrected chi connectivity index (χ3v) is 19.5. The molecule has 8 heteroatoms. The Hall–Kier alpha value is -3.56. The average molecular weight is 992 g/mol. The number of aryl methyl sites for hydroxylation is 4. The van der Waals surface area contributed by atoms with Gasteiger partial charge in [0.05, 0.1) is 22.1 Å². The van der Waals surface area contributed by atoms with E-state index in [1.54, 1.807) is 22.7 Å². The van der Waals surface area contributed by atoms with Crippen LogP contribution in [-0.2, 0) is 25.9 Å². The molecular formula is C60H76F2N2S4. The molecule has 0 bridgehead atoms. The van der Waals surface area contributed by atoms with Gasteiger partial charge < -0.3 is 9.13 Å². The number of nitrogens with zero attached hydrogens (tertiary/aromatic N) is 2. The zero-order valence-electron chi connectivity index (χ0n) is 42.4. The van der Waals surface area contributed by atoms with Crippen molar-refractivity contribution >= 4 is 78.2 Å². The molecule has 0 spiro atoms. The van der Waals surface area contributed by atoms with Crippen LogP contribution in [0.2, 0.25) is 0 Å². The fraction of sp³-hybridized carbons (Fsp3) is 0.500. The van der Waals surface area contributed by atoms with Crippen molar-refractivity contribution in [3.05, 3.63) is 93.2 Å². The highest BCUT2D eigenvalue weighted by atomic mass is 32.1. The summed E-state index contributed by atoms with van der Waals surface area (Å²) in [6.45, 7) is 19.7. The number of hydrogen-bond donors (Lipinski definition) is 0. The largest absolute Gasteiger partial charge is 0.338 e. The zero-order chi connectivity index (χ0) is 47.9. The van der Waals surface area contributed by atoms with Crippen molar-refractivity contribution < 1.29 is 8.78 Å². The minimum absolute atomic E-state index is 0.176. The van der Waals surface area contributed by atoms with Gasteiger partial charge in [0, 0.05) is 74.0 Å². The van der Waals surface area contributed by atoms with E-state index in [9.17, 15) is 0 Å². The quantitative estimate of drug-likeness (QED) is 0.0479. The molecule has 0 fully saturated rings. The van der Waals surface area contributed by atoms with Gasteiger partial charge in [-0.1, -0.05) is 119 Å². The third kappa shape index (κ3) is 11.0. The van der Waals surface area contributed by atoms with Crippen LogP contribution in [0.3, 0.4) is 0 Å². The molecule has 0 saturated carbocycles. The van der Waals surface area contributed by atoms with Crippen molar-refractivity contribution in [1.29, 1.82) is 0 Å². The van der Waals surface area contributed by atoms with Crippen LogP contribution >= 0.6 is 45.3 Å². The molecule has 0 aliphatic heterocycles. The Kier molecular flexibility index (Phi) is 17.6. The van der Waals surface area contributed by atoms with Crippen molar-refractivity contribution in [2.45, 2.75) is 184 Å². The fourth-order valence-electron chi connectivity index (χ4n) is 10.6. The normalized spacial score (nSPS) is 13.0. The summed E-state index contributed by atoms with van der Waals surface area (Å²) in [6, 6.07) is 21.6. The number of rotatable bonds is 26. The monoisotopic (exact) mass is 990 g/mol. The first-order valence-corrected chi connectivity index (χ1v) is 29.7. The van der Waals surface area contributed by atoms with Gasteiger partial charge in [-0.15, -0.1) is 45.3 Å². The number of benzene rings is 2. The SMILES string of the molecule is CCCCCCc1cc(-c2cc3c(cc2F)c2c(c4cc(F)c(-c5cc(CCCCCC)c(-c6ccc(C)s6)s5)cc4n2CC(CC)CCCC)n3CC(CC)CCCC)sc1-c1ccc(C)s1. The van der Waals surface area contributed by atoms with Crippen molar-refractivity contribution in [1.82, 2.24) is 9.13 Å². The Bertz CT molecular complexity index is 2710. The highest BCUT2D eigenvalue weighted by Crippen LogP contribution is 2.48. The molecule has 364 valence electrons. The maximum Gasteiger partial charge on any atom is 0.132 e. The Morgan fingerprint density at radius 1 is 0.456 bits per heavy atom. The van der Waals surface area contributed by atoms with Gasteiger partial charge in [0.15, 0.2) is 0 Å². The number of unbranched alkanes of at least 4 members (excludes halogenated alkanes) is 8. The fourth-order valence-corrected chi connectivity index (χ4v) is 15.1. The summed E-state index contributed by atoms with van der Waals surface area (Å²) in [4.78, 5) is 9.72. The molecule has 8 rings (SSSR count). The summed E-state index contributed by atoms with van der Waals surface area (Å²) in [7, 11) is 0. The predicted molar refractivity (Wildman–Crippen MR) is 300 cm³/mol.